The molecule has 0 heterocycles. The Hall–Kier alpha value is 0.505. The molecule has 0 aromatic carbocycles. The molecule has 0 radical (unpaired) electrons. The molecule has 0 aliphatic heterocycles. The fraction of sp³-hybridized carbons (Fsp3) is 0. The van der Waals surface area contributed by atoms with E-state index in [1.807, 2.05) is 0 Å². The Morgan fingerprint density at radius 3 is 0.688 bits per heavy atom. The van der Waals surface area contributed by atoms with Crippen molar-refractivity contribution in [1.82, 2.24) is 0 Å². The molecule has 0 aliphatic carbocycles. The predicted octanol–water partition coefficient (Wildman–Crippen LogP) is -12.7. The molecule has 0 aliphatic rings. The first-order valence-electron chi connectivity index (χ1n) is 0.935. The molecular weight excluding hydrogens is 258 g/mol. The van der Waals surface area contributed by atoms with E-state index in [-0.39, 0.29) is 85.7 Å². The van der Waals surface area contributed by atoms with E-state index in [1.54, 1.807) is 0 Å². The van der Waals surface area contributed by atoms with Crippen LogP contribution in [0.4, 0.5) is 0 Å². The van der Waals surface area contributed by atoms with Crippen LogP contribution in [0.1, 0.15) is 1.43 Å². The van der Waals surface area contributed by atoms with E-state index in [0.29, 0.717) is 0 Å². The Kier molecular flexibility index (Phi) is 1960. The van der Waals surface area contributed by atoms with E-state index in [2.05, 4.69) is 4.81 Å². The molecule has 0 spiro atoms. The third-order valence-corrected chi connectivity index (χ3v) is 0.0943. The Morgan fingerprint density at radius 2 is 0.688 bits per heavy atom. The Bertz CT molecular complexity index is 30.2. The van der Waals surface area contributed by atoms with Crippen LogP contribution in [0.15, 0.2) is 0 Å². The summed E-state index contributed by atoms with van der Waals surface area (Å²) >= 11 is 0. The molecule has 0 fully saturated rings. The van der Waals surface area contributed by atoms with Crippen molar-refractivity contribution in [2.24, 2.45) is 0 Å². The molecule has 23 N–H and O–H groups in total. The second-order valence-electron chi connectivity index (χ2n) is 0.432. The monoisotopic (exact) mass is 282 g/mol. The minimum atomic E-state index is -2.06. The summed E-state index contributed by atoms with van der Waals surface area (Å²) in [6, 6.07) is 0. The zero-order chi connectivity index (χ0) is 4.28. The summed E-state index contributed by atoms with van der Waals surface area (Å²) in [5.74, 6) is 0. The summed E-state index contributed by atoms with van der Waals surface area (Å²) in [6.45, 7) is 0. The van der Waals surface area contributed by atoms with Crippen LogP contribution in [0, 0.1) is 0 Å². The van der Waals surface area contributed by atoms with Gasteiger partial charge in [-0.3, -0.25) is 5.26 Å². The van der Waals surface area contributed by atoms with Gasteiger partial charge in [-0.05, 0) is 0 Å². The van der Waals surface area contributed by atoms with Crippen LogP contribution < -0.4 is 29.6 Å². The summed E-state index contributed by atoms with van der Waals surface area (Å²) in [4.78, 5) is 2.86. The normalized spacial score (nSPS) is 2.44. The van der Waals surface area contributed by atoms with Gasteiger partial charge >= 0.3 is 36.9 Å². The van der Waals surface area contributed by atoms with Crippen molar-refractivity contribution in [3.05, 3.63) is 0 Å². The molecule has 0 rings (SSSR count). The fourth-order valence-electron chi connectivity index (χ4n) is 0. The molecular formula is H24BNaO14. The molecule has 14 nitrogen and oxygen atoms in total. The zero-order valence-corrected chi connectivity index (χ0v) is 10.3. The van der Waals surface area contributed by atoms with Gasteiger partial charge in [0.1, 0.15) is 0 Å². The fourth-order valence-corrected chi connectivity index (χ4v) is 0. The Balaban J connectivity index is -0.00000000121. The number of rotatable bonds is 1. The van der Waals surface area contributed by atoms with E-state index < -0.39 is 7.32 Å². The predicted molar refractivity (Wildman–Crippen MR) is 51.2 cm³/mol. The van der Waals surface area contributed by atoms with E-state index in [4.69, 9.17) is 15.3 Å². The minimum absolute atomic E-state index is 0. The van der Waals surface area contributed by atoms with Crippen LogP contribution >= 0.6 is 0 Å². The summed E-state index contributed by atoms with van der Waals surface area (Å²) in [5.41, 5.74) is 0. The Labute approximate surface area is 113 Å². The van der Waals surface area contributed by atoms with Gasteiger partial charge in [-0.15, -0.1) is 0 Å². The third kappa shape index (κ3) is 422. The molecule has 16 heteroatoms. The molecule has 0 unspecified atom stereocenters. The van der Waals surface area contributed by atoms with Gasteiger partial charge in [-0.1, -0.05) is 0 Å². The first kappa shape index (κ1) is 196. The van der Waals surface area contributed by atoms with Crippen molar-refractivity contribution in [3.63, 3.8) is 0 Å². The van der Waals surface area contributed by atoms with Gasteiger partial charge in [0.05, 0.1) is 0 Å². The average molecular weight is 282 g/mol. The molecule has 0 saturated heterocycles. The van der Waals surface area contributed by atoms with Gasteiger partial charge in [-0.25, -0.2) is 4.81 Å². The molecule has 112 valence electrons. The molecule has 0 aromatic heterocycles. The Morgan fingerprint density at radius 1 is 0.625 bits per heavy atom. The maximum Gasteiger partial charge on any atom is 1.00 e. The van der Waals surface area contributed by atoms with Gasteiger partial charge in [-0.2, -0.15) is 0 Å². The molecule has 0 saturated carbocycles. The number of hydrogen-bond acceptors (Lipinski definition) is 4. The second-order valence-corrected chi connectivity index (χ2v) is 0.432. The van der Waals surface area contributed by atoms with Crippen LogP contribution in [-0.2, 0) is 4.81 Å². The van der Waals surface area contributed by atoms with Gasteiger partial charge in [0.15, 0.2) is 0 Å². The van der Waals surface area contributed by atoms with Crippen molar-refractivity contribution >= 4 is 7.32 Å². The van der Waals surface area contributed by atoms with Crippen LogP contribution in [0.2, 0.25) is 0 Å². The largest absolute Gasteiger partial charge is 1.00 e. The van der Waals surface area contributed by atoms with Crippen LogP contribution in [0.25, 0.3) is 0 Å². The van der Waals surface area contributed by atoms with Crippen LogP contribution in [0.3, 0.4) is 0 Å². The molecule has 0 bridgehead atoms. The van der Waals surface area contributed by atoms with Crippen molar-refractivity contribution in [3.8, 4) is 0 Å². The van der Waals surface area contributed by atoms with E-state index in [0.717, 1.165) is 0 Å². The third-order valence-electron chi connectivity index (χ3n) is 0.0943. The molecule has 0 atom stereocenters. The van der Waals surface area contributed by atoms with Crippen LogP contribution in [0.5, 0.6) is 0 Å². The van der Waals surface area contributed by atoms with Crippen molar-refractivity contribution < 1.29 is 106 Å². The maximum atomic E-state index is 7.44. The van der Waals surface area contributed by atoms with Gasteiger partial charge in [0.25, 0.3) is 0 Å². The molecule has 0 aromatic rings. The van der Waals surface area contributed by atoms with Crippen molar-refractivity contribution in [2.45, 2.75) is 0 Å². The quantitative estimate of drug-likeness (QED) is 0.239. The smallest absolute Gasteiger partial charge is 1.00 e. The summed E-state index contributed by atoms with van der Waals surface area (Å²) < 4.78 is 0. The van der Waals surface area contributed by atoms with Crippen molar-refractivity contribution in [1.29, 1.82) is 0 Å². The standard InChI is InChI=1S/BH3O4.Na.10H2O.H/c2-1(3)5-4;;;;;;;;;;;;/h2-4H;;10*1H2;/q;+1;;;;;;;;;;;-1. The SMILES string of the molecule is O.O.O.O.O.O.O.O.O.O.OOB(O)O.[H-].[Na+]. The average Bonchev–Trinajstić information content (AvgIpc) is 1.38. The van der Waals surface area contributed by atoms with Gasteiger partial charge < -0.3 is 66.2 Å². The van der Waals surface area contributed by atoms with Gasteiger partial charge in [0.2, 0.25) is 0 Å². The summed E-state index contributed by atoms with van der Waals surface area (Å²) in [7, 11) is -2.06. The molecule has 16 heavy (non-hydrogen) atoms. The second kappa shape index (κ2) is 161. The summed E-state index contributed by atoms with van der Waals surface area (Å²) in [5, 5.41) is 22.0. The van der Waals surface area contributed by atoms with E-state index >= 15 is 0 Å². The number of hydrogen-bond donors (Lipinski definition) is 3. The maximum absolute atomic E-state index is 7.44. The first-order chi connectivity index (χ1) is 2.27. The summed E-state index contributed by atoms with van der Waals surface area (Å²) in [6.07, 6.45) is 0. The van der Waals surface area contributed by atoms with Crippen LogP contribution in [-0.4, -0.2) is 77.4 Å². The van der Waals surface area contributed by atoms with E-state index in [1.165, 1.54) is 0 Å². The van der Waals surface area contributed by atoms with E-state index in [9.17, 15) is 0 Å². The minimum Gasteiger partial charge on any atom is -1.00 e. The van der Waals surface area contributed by atoms with Crippen molar-refractivity contribution in [2.75, 3.05) is 0 Å². The first-order valence-corrected chi connectivity index (χ1v) is 0.935. The topological polar surface area (TPSA) is 385 Å². The zero-order valence-electron chi connectivity index (χ0n) is 9.33. The van der Waals surface area contributed by atoms with Gasteiger partial charge in [0, 0.05) is 0 Å². The molecule has 0 amide bonds.